The van der Waals surface area contributed by atoms with Gasteiger partial charge in [-0.25, -0.2) is 9.59 Å². The Hall–Kier alpha value is -3.34. The molecule has 0 unspecified atom stereocenters. The highest BCUT2D eigenvalue weighted by atomic mass is 32.1. The van der Waals surface area contributed by atoms with Crippen LogP contribution < -0.4 is 34.0 Å². The summed E-state index contributed by atoms with van der Waals surface area (Å²) in [6.07, 6.45) is 0. The van der Waals surface area contributed by atoms with E-state index in [1.54, 1.807) is 17.5 Å². The maximum absolute atomic E-state index is 13.0. The van der Waals surface area contributed by atoms with Crippen LogP contribution in [0.15, 0.2) is 36.7 Å². The smallest absolute Gasteiger partial charge is 0.332 e. The first kappa shape index (κ1) is 19.4. The molecule has 0 atom stereocenters. The van der Waals surface area contributed by atoms with Gasteiger partial charge >= 0.3 is 11.4 Å². The van der Waals surface area contributed by atoms with Crippen molar-refractivity contribution >= 4 is 23.0 Å². The number of aromatic nitrogens is 4. The van der Waals surface area contributed by atoms with Gasteiger partial charge in [-0.3, -0.25) is 27.9 Å². The summed E-state index contributed by atoms with van der Waals surface area (Å²) >= 11 is 1.31. The zero-order valence-electron chi connectivity index (χ0n) is 15.8. The van der Waals surface area contributed by atoms with Gasteiger partial charge in [-0.2, -0.15) is 0 Å². The molecule has 4 N–H and O–H groups in total. The van der Waals surface area contributed by atoms with Crippen LogP contribution in [0.1, 0.15) is 21.9 Å². The molecule has 0 aliphatic carbocycles. The molecular formula is C17H20N6O4S. The van der Waals surface area contributed by atoms with Crippen LogP contribution in [0, 0.1) is 0 Å². The summed E-state index contributed by atoms with van der Waals surface area (Å²) < 4.78 is 4.13. The van der Waals surface area contributed by atoms with E-state index < -0.39 is 28.4 Å². The van der Waals surface area contributed by atoms with Gasteiger partial charge in [0.25, 0.3) is 11.1 Å². The molecule has 0 aromatic carbocycles. The molecule has 3 aromatic rings. The number of hydrogen-bond donors (Lipinski definition) is 2. The van der Waals surface area contributed by atoms with E-state index in [9.17, 15) is 19.2 Å². The van der Waals surface area contributed by atoms with E-state index >= 15 is 0 Å². The van der Waals surface area contributed by atoms with Gasteiger partial charge < -0.3 is 11.5 Å². The van der Waals surface area contributed by atoms with Crippen LogP contribution in [0.3, 0.4) is 0 Å². The lowest BCUT2D eigenvalue weighted by atomic mass is 9.91. The van der Waals surface area contributed by atoms with E-state index in [1.807, 2.05) is 0 Å². The van der Waals surface area contributed by atoms with Gasteiger partial charge in [0.2, 0.25) is 0 Å². The van der Waals surface area contributed by atoms with Crippen molar-refractivity contribution in [2.45, 2.75) is 5.92 Å². The molecule has 0 aliphatic heterocycles. The van der Waals surface area contributed by atoms with Crippen LogP contribution in [-0.2, 0) is 28.2 Å². The Morgan fingerprint density at radius 2 is 1.21 bits per heavy atom. The van der Waals surface area contributed by atoms with Crippen molar-refractivity contribution in [2.24, 2.45) is 28.2 Å². The molecule has 0 fully saturated rings. The fourth-order valence-corrected chi connectivity index (χ4v) is 4.04. The van der Waals surface area contributed by atoms with Gasteiger partial charge in [-0.15, -0.1) is 11.3 Å². The van der Waals surface area contributed by atoms with E-state index in [2.05, 4.69) is 0 Å². The number of thiophene rings is 1. The normalized spacial score (nSPS) is 11.3. The van der Waals surface area contributed by atoms with Crippen LogP contribution in [0.25, 0.3) is 0 Å². The van der Waals surface area contributed by atoms with Gasteiger partial charge in [0.1, 0.15) is 11.6 Å². The van der Waals surface area contributed by atoms with E-state index in [1.165, 1.54) is 39.5 Å². The van der Waals surface area contributed by atoms with Gasteiger partial charge in [-0.05, 0) is 11.4 Å². The highest BCUT2D eigenvalue weighted by Gasteiger charge is 2.32. The second-order valence-electron chi connectivity index (χ2n) is 6.46. The van der Waals surface area contributed by atoms with Crippen molar-refractivity contribution in [2.75, 3.05) is 11.5 Å². The van der Waals surface area contributed by atoms with E-state index in [0.717, 1.165) is 18.3 Å². The van der Waals surface area contributed by atoms with Crippen LogP contribution in [0.5, 0.6) is 0 Å². The monoisotopic (exact) mass is 404 g/mol. The highest BCUT2D eigenvalue weighted by Crippen LogP contribution is 2.35. The van der Waals surface area contributed by atoms with Gasteiger partial charge in [0.05, 0.1) is 17.0 Å². The van der Waals surface area contributed by atoms with E-state index in [0.29, 0.717) is 4.88 Å². The van der Waals surface area contributed by atoms with Crippen LogP contribution >= 0.6 is 11.3 Å². The Bertz CT molecular complexity index is 1220. The lowest BCUT2D eigenvalue weighted by molar-refractivity contribution is 0.655. The average molecular weight is 404 g/mol. The minimum absolute atomic E-state index is 0.0505. The molecule has 0 radical (unpaired) electrons. The van der Waals surface area contributed by atoms with Crippen molar-refractivity contribution in [1.82, 2.24) is 18.3 Å². The third-order valence-corrected chi connectivity index (χ3v) is 5.83. The maximum atomic E-state index is 13.0. The molecule has 0 saturated carbocycles. The SMILES string of the molecule is Cn1c(N)c(C(c2cccs2)c2c(N)n(C)c(=O)n(C)c2=O)c(=O)n(C)c1=O. The Morgan fingerprint density at radius 3 is 1.57 bits per heavy atom. The average Bonchev–Trinajstić information content (AvgIpc) is 3.21. The Labute approximate surface area is 162 Å². The van der Waals surface area contributed by atoms with Crippen LogP contribution in [0.2, 0.25) is 0 Å². The fourth-order valence-electron chi connectivity index (χ4n) is 3.20. The summed E-state index contributed by atoms with van der Waals surface area (Å²) in [5.41, 5.74) is 9.95. The zero-order chi connectivity index (χ0) is 20.9. The van der Waals surface area contributed by atoms with Gasteiger partial charge in [0, 0.05) is 33.1 Å². The summed E-state index contributed by atoms with van der Waals surface area (Å²) in [6, 6.07) is 3.50. The standard InChI is InChI=1S/C17H20N6O4S/c1-20-12(18)10(14(24)22(3)16(20)26)9(8-6-5-7-28-8)11-13(19)21(2)17(27)23(4)15(11)25/h5-7,9H,18-19H2,1-4H3. The molecule has 0 aliphatic rings. The molecule has 3 aromatic heterocycles. The largest absolute Gasteiger partial charge is 0.385 e. The first-order valence-electron chi connectivity index (χ1n) is 8.23. The third kappa shape index (κ3) is 2.62. The first-order valence-corrected chi connectivity index (χ1v) is 9.11. The number of nitrogens with zero attached hydrogens (tertiary/aromatic N) is 4. The molecule has 3 rings (SSSR count). The summed E-state index contributed by atoms with van der Waals surface area (Å²) in [4.78, 5) is 51.0. The Morgan fingerprint density at radius 1 is 0.786 bits per heavy atom. The molecule has 3 heterocycles. The molecular weight excluding hydrogens is 384 g/mol. The molecule has 0 amide bonds. The van der Waals surface area contributed by atoms with Crippen molar-refractivity contribution in [3.8, 4) is 0 Å². The predicted octanol–water partition coefficient (Wildman–Crippen LogP) is -1.11. The summed E-state index contributed by atoms with van der Waals surface area (Å²) in [5.74, 6) is -1.07. The number of nitrogens with two attached hydrogens (primary N) is 2. The molecule has 11 heteroatoms. The Balaban J connectivity index is 2.56. The van der Waals surface area contributed by atoms with Crippen molar-refractivity contribution in [3.63, 3.8) is 0 Å². The van der Waals surface area contributed by atoms with E-state index in [4.69, 9.17) is 11.5 Å². The van der Waals surface area contributed by atoms with Crippen LogP contribution in [0.4, 0.5) is 11.6 Å². The molecule has 0 bridgehead atoms. The van der Waals surface area contributed by atoms with E-state index in [-0.39, 0.29) is 22.8 Å². The molecule has 28 heavy (non-hydrogen) atoms. The Kier molecular flexibility index (Phi) is 4.63. The number of nitrogen functional groups attached to an aromatic ring is 2. The predicted molar refractivity (Wildman–Crippen MR) is 108 cm³/mol. The van der Waals surface area contributed by atoms with Crippen LogP contribution in [-0.4, -0.2) is 18.3 Å². The number of rotatable bonds is 3. The first-order chi connectivity index (χ1) is 13.1. The van der Waals surface area contributed by atoms with Crippen molar-refractivity contribution < 1.29 is 0 Å². The van der Waals surface area contributed by atoms with Crippen molar-refractivity contribution in [1.29, 1.82) is 0 Å². The minimum Gasteiger partial charge on any atom is -0.385 e. The number of anilines is 2. The summed E-state index contributed by atoms with van der Waals surface area (Å²) in [5, 5.41) is 1.79. The maximum Gasteiger partial charge on any atom is 0.332 e. The quantitative estimate of drug-likeness (QED) is 0.567. The minimum atomic E-state index is -0.934. The second-order valence-corrected chi connectivity index (χ2v) is 7.44. The number of hydrogen-bond acceptors (Lipinski definition) is 7. The summed E-state index contributed by atoms with van der Waals surface area (Å²) in [6.45, 7) is 0. The molecule has 10 nitrogen and oxygen atoms in total. The lowest BCUT2D eigenvalue weighted by Crippen LogP contribution is -2.44. The zero-order valence-corrected chi connectivity index (χ0v) is 16.6. The van der Waals surface area contributed by atoms with Crippen molar-refractivity contribution in [3.05, 3.63) is 75.2 Å². The highest BCUT2D eigenvalue weighted by molar-refractivity contribution is 7.10. The third-order valence-electron chi connectivity index (χ3n) is 4.90. The van der Waals surface area contributed by atoms with Gasteiger partial charge in [-0.1, -0.05) is 6.07 Å². The molecule has 148 valence electrons. The molecule has 0 saturated heterocycles. The molecule has 0 spiro atoms. The lowest BCUT2D eigenvalue weighted by Gasteiger charge is -2.22. The fraction of sp³-hybridized carbons (Fsp3) is 0.294. The topological polar surface area (TPSA) is 140 Å². The summed E-state index contributed by atoms with van der Waals surface area (Å²) in [7, 11) is 5.55. The second kappa shape index (κ2) is 6.68. The van der Waals surface area contributed by atoms with Gasteiger partial charge in [0.15, 0.2) is 0 Å².